The van der Waals surface area contributed by atoms with Gasteiger partial charge in [-0.05, 0) is 59.9 Å². The van der Waals surface area contributed by atoms with Crippen LogP contribution >= 0.6 is 0 Å². The predicted molar refractivity (Wildman–Crippen MR) is 146 cm³/mol. The maximum Gasteiger partial charge on any atom is 0.223 e. The third kappa shape index (κ3) is 5.54. The number of rotatable bonds is 8. The number of benzene rings is 2. The normalized spacial score (nSPS) is 17.5. The van der Waals surface area contributed by atoms with Gasteiger partial charge in [0.25, 0.3) is 0 Å². The first-order chi connectivity index (χ1) is 18.4. The SMILES string of the molecule is COc1ccc(NCc2cnc3ccc(-c4nc(N[C@@H]5CCOC[C@H]5O)ncc4F)cc3c2C(C)C)cc1. The van der Waals surface area contributed by atoms with Crippen molar-refractivity contribution < 1.29 is 19.0 Å². The van der Waals surface area contributed by atoms with Gasteiger partial charge in [0.2, 0.25) is 5.95 Å². The molecule has 4 aromatic rings. The number of hydrogen-bond donors (Lipinski definition) is 3. The van der Waals surface area contributed by atoms with E-state index in [-0.39, 0.29) is 30.2 Å². The Balaban J connectivity index is 1.46. The van der Waals surface area contributed by atoms with Crippen LogP contribution in [0.2, 0.25) is 0 Å². The number of fused-ring (bicyclic) bond motifs is 1. The van der Waals surface area contributed by atoms with Crippen LogP contribution in [0.4, 0.5) is 16.0 Å². The van der Waals surface area contributed by atoms with E-state index in [1.54, 1.807) is 7.11 Å². The van der Waals surface area contributed by atoms with Gasteiger partial charge in [0, 0.05) is 36.0 Å². The van der Waals surface area contributed by atoms with E-state index in [0.717, 1.165) is 39.7 Å². The number of aliphatic hydroxyl groups excluding tert-OH is 1. The summed E-state index contributed by atoms with van der Waals surface area (Å²) in [6.07, 6.45) is 3.01. The molecule has 2 aromatic carbocycles. The number of nitrogens with one attached hydrogen (secondary N) is 2. The van der Waals surface area contributed by atoms with Gasteiger partial charge in [-0.15, -0.1) is 0 Å². The molecule has 38 heavy (non-hydrogen) atoms. The molecule has 3 N–H and O–H groups in total. The number of methoxy groups -OCH3 is 1. The van der Waals surface area contributed by atoms with E-state index in [0.29, 0.717) is 25.1 Å². The van der Waals surface area contributed by atoms with E-state index in [1.165, 1.54) is 0 Å². The van der Waals surface area contributed by atoms with Crippen LogP contribution in [0.5, 0.6) is 5.75 Å². The lowest BCUT2D eigenvalue weighted by atomic mass is 9.92. The van der Waals surface area contributed by atoms with Crippen LogP contribution in [-0.4, -0.2) is 52.5 Å². The van der Waals surface area contributed by atoms with Crippen molar-refractivity contribution in [3.05, 3.63) is 71.8 Å². The van der Waals surface area contributed by atoms with Gasteiger partial charge < -0.3 is 25.2 Å². The first-order valence-electron chi connectivity index (χ1n) is 12.8. The smallest absolute Gasteiger partial charge is 0.223 e. The summed E-state index contributed by atoms with van der Waals surface area (Å²) in [6.45, 7) is 5.66. The Morgan fingerprint density at radius 1 is 1.13 bits per heavy atom. The van der Waals surface area contributed by atoms with E-state index in [2.05, 4.69) is 39.4 Å². The van der Waals surface area contributed by atoms with E-state index in [9.17, 15) is 9.50 Å². The fourth-order valence-electron chi connectivity index (χ4n) is 4.83. The molecule has 0 aliphatic carbocycles. The van der Waals surface area contributed by atoms with Gasteiger partial charge in [-0.1, -0.05) is 19.9 Å². The minimum atomic E-state index is -0.675. The highest BCUT2D eigenvalue weighted by Gasteiger charge is 2.25. The molecule has 1 saturated heterocycles. The van der Waals surface area contributed by atoms with Crippen molar-refractivity contribution in [2.24, 2.45) is 0 Å². The number of nitrogens with zero attached hydrogens (tertiary/aromatic N) is 3. The molecule has 1 aliphatic rings. The summed E-state index contributed by atoms with van der Waals surface area (Å²) in [5.74, 6) is 0.773. The first kappa shape index (κ1) is 25.8. The van der Waals surface area contributed by atoms with Crippen molar-refractivity contribution in [3.8, 4) is 17.0 Å². The molecule has 9 heteroatoms. The molecule has 0 amide bonds. The van der Waals surface area contributed by atoms with E-state index >= 15 is 0 Å². The number of hydrogen-bond acceptors (Lipinski definition) is 8. The van der Waals surface area contributed by atoms with Gasteiger partial charge in [-0.2, -0.15) is 0 Å². The van der Waals surface area contributed by atoms with Crippen LogP contribution in [0.1, 0.15) is 37.3 Å². The second kappa shape index (κ2) is 11.3. The zero-order valence-electron chi connectivity index (χ0n) is 21.7. The van der Waals surface area contributed by atoms with Crippen molar-refractivity contribution in [2.75, 3.05) is 31.0 Å². The monoisotopic (exact) mass is 517 g/mol. The molecule has 0 radical (unpaired) electrons. The number of aromatic nitrogens is 3. The zero-order chi connectivity index (χ0) is 26.6. The van der Waals surface area contributed by atoms with Gasteiger partial charge in [0.15, 0.2) is 5.82 Å². The highest BCUT2D eigenvalue weighted by Crippen LogP contribution is 2.32. The molecule has 0 spiro atoms. The maximum absolute atomic E-state index is 15.0. The number of pyridine rings is 1. The molecule has 2 atom stereocenters. The quantitative estimate of drug-likeness (QED) is 0.296. The van der Waals surface area contributed by atoms with Crippen LogP contribution in [-0.2, 0) is 11.3 Å². The number of anilines is 2. The minimum Gasteiger partial charge on any atom is -0.497 e. The Labute approximate surface area is 221 Å². The molecule has 1 fully saturated rings. The number of halogens is 1. The van der Waals surface area contributed by atoms with Crippen molar-refractivity contribution in [1.82, 2.24) is 15.0 Å². The fraction of sp³-hybridized carbons (Fsp3) is 0.345. The van der Waals surface area contributed by atoms with Crippen molar-refractivity contribution in [2.45, 2.75) is 44.9 Å². The first-order valence-corrected chi connectivity index (χ1v) is 12.8. The molecule has 1 aliphatic heterocycles. The summed E-state index contributed by atoms with van der Waals surface area (Å²) in [5.41, 5.74) is 4.87. The van der Waals surface area contributed by atoms with Crippen molar-refractivity contribution in [3.63, 3.8) is 0 Å². The molecule has 5 rings (SSSR count). The molecule has 2 aromatic heterocycles. The summed E-state index contributed by atoms with van der Waals surface area (Å²) in [5, 5.41) is 17.8. The Morgan fingerprint density at radius 2 is 1.95 bits per heavy atom. The summed E-state index contributed by atoms with van der Waals surface area (Å²) in [4.78, 5) is 13.3. The summed E-state index contributed by atoms with van der Waals surface area (Å²) in [7, 11) is 1.65. The summed E-state index contributed by atoms with van der Waals surface area (Å²) in [6, 6.07) is 13.2. The molecule has 0 unspecified atom stereocenters. The lowest BCUT2D eigenvalue weighted by molar-refractivity contribution is -0.0136. The largest absolute Gasteiger partial charge is 0.497 e. The average Bonchev–Trinajstić information content (AvgIpc) is 2.93. The van der Waals surface area contributed by atoms with Crippen molar-refractivity contribution in [1.29, 1.82) is 0 Å². The Kier molecular flexibility index (Phi) is 7.67. The van der Waals surface area contributed by atoms with Gasteiger partial charge in [-0.25, -0.2) is 14.4 Å². The molecular formula is C29H32FN5O3. The Bertz CT molecular complexity index is 1410. The highest BCUT2D eigenvalue weighted by atomic mass is 19.1. The van der Waals surface area contributed by atoms with Gasteiger partial charge >= 0.3 is 0 Å². The summed E-state index contributed by atoms with van der Waals surface area (Å²) >= 11 is 0. The van der Waals surface area contributed by atoms with Crippen LogP contribution < -0.4 is 15.4 Å². The van der Waals surface area contributed by atoms with Crippen LogP contribution in [0.15, 0.2) is 54.9 Å². The van der Waals surface area contributed by atoms with E-state index < -0.39 is 11.9 Å². The van der Waals surface area contributed by atoms with Gasteiger partial charge in [0.05, 0.1) is 37.6 Å². The van der Waals surface area contributed by atoms with Gasteiger partial charge in [-0.3, -0.25) is 4.98 Å². The average molecular weight is 518 g/mol. The molecular weight excluding hydrogens is 485 g/mol. The van der Waals surface area contributed by atoms with Crippen LogP contribution in [0.25, 0.3) is 22.2 Å². The predicted octanol–water partition coefficient (Wildman–Crippen LogP) is 5.14. The number of ether oxygens (including phenoxy) is 2. The minimum absolute atomic E-state index is 0.197. The second-order valence-electron chi connectivity index (χ2n) is 9.74. The van der Waals surface area contributed by atoms with E-state index in [4.69, 9.17) is 9.47 Å². The third-order valence-electron chi connectivity index (χ3n) is 6.80. The Morgan fingerprint density at radius 3 is 2.68 bits per heavy atom. The van der Waals surface area contributed by atoms with E-state index in [1.807, 2.05) is 48.7 Å². The van der Waals surface area contributed by atoms with Crippen LogP contribution in [0, 0.1) is 5.82 Å². The number of aliphatic hydroxyl groups is 1. The highest BCUT2D eigenvalue weighted by molar-refractivity contribution is 5.88. The fourth-order valence-corrected chi connectivity index (χ4v) is 4.83. The molecule has 8 nitrogen and oxygen atoms in total. The molecule has 3 heterocycles. The lowest BCUT2D eigenvalue weighted by Crippen LogP contribution is -2.42. The molecule has 198 valence electrons. The summed E-state index contributed by atoms with van der Waals surface area (Å²) < 4.78 is 25.5. The lowest BCUT2D eigenvalue weighted by Gasteiger charge is -2.28. The van der Waals surface area contributed by atoms with Crippen molar-refractivity contribution >= 4 is 22.5 Å². The molecule has 0 saturated carbocycles. The zero-order valence-corrected chi connectivity index (χ0v) is 21.7. The maximum atomic E-state index is 15.0. The standard InChI is InChI=1S/C29H32FN5O3/c1-17(2)27-19(13-31-20-5-7-21(37-3)8-6-20)14-32-24-9-4-18(12-22(24)27)28-23(30)15-33-29(35-28)34-25-10-11-38-16-26(25)36/h4-9,12,14-15,17,25-26,31,36H,10-11,13,16H2,1-3H3,(H,33,34,35)/t25-,26-/m1/s1. The third-order valence-corrected chi connectivity index (χ3v) is 6.80. The molecule has 0 bridgehead atoms. The van der Waals surface area contributed by atoms with Gasteiger partial charge in [0.1, 0.15) is 11.4 Å². The van der Waals surface area contributed by atoms with Crippen LogP contribution in [0.3, 0.4) is 0 Å². The topological polar surface area (TPSA) is 101 Å². The Hall–Kier alpha value is -3.82. The second-order valence-corrected chi connectivity index (χ2v) is 9.74.